The number of fused-ring (bicyclic) bond motifs is 1. The minimum absolute atomic E-state index is 0.181. The Morgan fingerprint density at radius 3 is 2.88 bits per heavy atom. The predicted molar refractivity (Wildman–Crippen MR) is 91.5 cm³/mol. The number of thioether (sulfide) groups is 1. The van der Waals surface area contributed by atoms with E-state index >= 15 is 0 Å². The highest BCUT2D eigenvalue weighted by molar-refractivity contribution is 8.14. The van der Waals surface area contributed by atoms with Crippen LogP contribution in [0.15, 0.2) is 6.33 Å². The summed E-state index contributed by atoms with van der Waals surface area (Å²) in [4.78, 5) is 45.7. The van der Waals surface area contributed by atoms with Gasteiger partial charge in [0.05, 0.1) is 18.2 Å². The van der Waals surface area contributed by atoms with E-state index in [0.717, 1.165) is 22.7 Å². The molecule has 1 saturated heterocycles. The monoisotopic (exact) mass is 366 g/mol. The van der Waals surface area contributed by atoms with Crippen molar-refractivity contribution in [1.82, 2.24) is 14.9 Å². The second-order valence-corrected chi connectivity index (χ2v) is 6.90. The van der Waals surface area contributed by atoms with Gasteiger partial charge in [-0.2, -0.15) is 0 Å². The summed E-state index contributed by atoms with van der Waals surface area (Å²) in [5, 5.41) is 3.63. The summed E-state index contributed by atoms with van der Waals surface area (Å²) < 4.78 is 4.78. The molecule has 0 unspecified atom stereocenters. The standard InChI is InChI=1S/C14H14N4O4S2/c1-7-9-11(15-3-4-18-8(19)5-23-14(18)21)16-6-17-12(9)24-10(7)13(20)22-2/h6H,3-5H2,1-2H3,(H,15,16,17). The molecule has 0 saturated carbocycles. The van der Waals surface area contributed by atoms with E-state index in [2.05, 4.69) is 15.3 Å². The fourth-order valence-corrected chi connectivity index (χ4v) is 4.19. The van der Waals surface area contributed by atoms with Gasteiger partial charge in [0.1, 0.15) is 21.9 Å². The summed E-state index contributed by atoms with van der Waals surface area (Å²) in [6.07, 6.45) is 1.41. The highest BCUT2D eigenvalue weighted by atomic mass is 32.2. The van der Waals surface area contributed by atoms with Crippen molar-refractivity contribution in [2.24, 2.45) is 0 Å². The van der Waals surface area contributed by atoms with Gasteiger partial charge in [-0.1, -0.05) is 11.8 Å². The molecule has 1 aliphatic rings. The molecule has 8 nitrogen and oxygen atoms in total. The molecule has 0 aromatic carbocycles. The molecule has 1 aliphatic heterocycles. The van der Waals surface area contributed by atoms with Gasteiger partial charge in [-0.3, -0.25) is 14.5 Å². The molecule has 2 aromatic rings. The average Bonchev–Trinajstić information content (AvgIpc) is 3.08. The van der Waals surface area contributed by atoms with E-state index < -0.39 is 5.97 Å². The lowest BCUT2D eigenvalue weighted by Crippen LogP contribution is -2.33. The Balaban J connectivity index is 1.79. The van der Waals surface area contributed by atoms with E-state index in [-0.39, 0.29) is 23.4 Å². The molecule has 24 heavy (non-hydrogen) atoms. The van der Waals surface area contributed by atoms with Crippen molar-refractivity contribution >= 4 is 56.2 Å². The van der Waals surface area contributed by atoms with Crippen LogP contribution in [0.1, 0.15) is 15.2 Å². The third-order valence-electron chi connectivity index (χ3n) is 3.57. The Kier molecular flexibility index (Phi) is 4.67. The van der Waals surface area contributed by atoms with Gasteiger partial charge in [0.2, 0.25) is 5.91 Å². The molecule has 1 N–H and O–H groups in total. The summed E-state index contributed by atoms with van der Waals surface area (Å²) in [5.41, 5.74) is 0.744. The Morgan fingerprint density at radius 1 is 1.42 bits per heavy atom. The lowest BCUT2D eigenvalue weighted by Gasteiger charge is -2.13. The van der Waals surface area contributed by atoms with Crippen molar-refractivity contribution in [3.8, 4) is 0 Å². The number of imide groups is 1. The SMILES string of the molecule is COC(=O)c1sc2ncnc(NCCN3C(=O)CSC3=O)c2c1C. The number of amides is 2. The second-order valence-electron chi connectivity index (χ2n) is 4.98. The number of aromatic nitrogens is 2. The van der Waals surface area contributed by atoms with Gasteiger partial charge in [0, 0.05) is 13.1 Å². The van der Waals surface area contributed by atoms with Crippen LogP contribution in [0, 0.1) is 6.92 Å². The van der Waals surface area contributed by atoms with Crippen LogP contribution in [-0.2, 0) is 9.53 Å². The molecule has 0 spiro atoms. The molecule has 126 valence electrons. The highest BCUT2D eigenvalue weighted by Crippen LogP contribution is 2.33. The second kappa shape index (κ2) is 6.73. The van der Waals surface area contributed by atoms with E-state index in [1.165, 1.54) is 29.7 Å². The first-order chi connectivity index (χ1) is 11.5. The van der Waals surface area contributed by atoms with Gasteiger partial charge in [-0.15, -0.1) is 11.3 Å². The molecule has 0 atom stereocenters. The molecule has 1 fully saturated rings. The fourth-order valence-electron chi connectivity index (χ4n) is 2.38. The number of ether oxygens (including phenoxy) is 1. The third kappa shape index (κ3) is 2.94. The molecule has 2 amide bonds. The largest absolute Gasteiger partial charge is 0.465 e. The zero-order valence-electron chi connectivity index (χ0n) is 13.0. The molecular weight excluding hydrogens is 352 g/mol. The predicted octanol–water partition coefficient (Wildman–Crippen LogP) is 1.89. The molecule has 0 radical (unpaired) electrons. The first-order valence-corrected chi connectivity index (χ1v) is 8.86. The van der Waals surface area contributed by atoms with E-state index in [4.69, 9.17) is 4.74 Å². The van der Waals surface area contributed by atoms with Crippen LogP contribution in [0.5, 0.6) is 0 Å². The number of aryl methyl sites for hydroxylation is 1. The smallest absolute Gasteiger partial charge is 0.348 e. The number of nitrogens with zero attached hydrogens (tertiary/aromatic N) is 3. The summed E-state index contributed by atoms with van der Waals surface area (Å²) in [7, 11) is 1.33. The van der Waals surface area contributed by atoms with E-state index in [1.54, 1.807) is 0 Å². The number of thiophene rings is 1. The van der Waals surface area contributed by atoms with Gasteiger partial charge >= 0.3 is 5.97 Å². The van der Waals surface area contributed by atoms with Gasteiger partial charge in [0.25, 0.3) is 5.24 Å². The molecule has 3 rings (SSSR count). The van der Waals surface area contributed by atoms with E-state index in [0.29, 0.717) is 22.1 Å². The van der Waals surface area contributed by atoms with Crippen LogP contribution < -0.4 is 5.32 Å². The number of hydrogen-bond acceptors (Lipinski definition) is 9. The zero-order valence-corrected chi connectivity index (χ0v) is 14.6. The average molecular weight is 366 g/mol. The number of methoxy groups -OCH3 is 1. The number of hydrogen-bond donors (Lipinski definition) is 1. The van der Waals surface area contributed by atoms with Crippen LogP contribution in [-0.4, -0.2) is 57.9 Å². The lowest BCUT2D eigenvalue weighted by molar-refractivity contribution is -0.124. The van der Waals surface area contributed by atoms with Crippen molar-refractivity contribution in [3.05, 3.63) is 16.8 Å². The summed E-state index contributed by atoms with van der Waals surface area (Å²) >= 11 is 2.25. The summed E-state index contributed by atoms with van der Waals surface area (Å²) in [6, 6.07) is 0. The van der Waals surface area contributed by atoms with Gasteiger partial charge in [0.15, 0.2) is 0 Å². The quantitative estimate of drug-likeness (QED) is 0.801. The maximum absolute atomic E-state index is 11.8. The minimum Gasteiger partial charge on any atom is -0.465 e. The molecule has 2 aromatic heterocycles. The highest BCUT2D eigenvalue weighted by Gasteiger charge is 2.29. The Bertz CT molecular complexity index is 820. The van der Waals surface area contributed by atoms with Crippen molar-refractivity contribution in [1.29, 1.82) is 0 Å². The van der Waals surface area contributed by atoms with Crippen molar-refractivity contribution in [2.45, 2.75) is 6.92 Å². The first-order valence-electron chi connectivity index (χ1n) is 7.06. The van der Waals surface area contributed by atoms with Crippen molar-refractivity contribution in [2.75, 3.05) is 31.3 Å². The third-order valence-corrected chi connectivity index (χ3v) is 5.60. The molecule has 3 heterocycles. The topological polar surface area (TPSA) is 101 Å². The van der Waals surface area contributed by atoms with Crippen LogP contribution in [0.2, 0.25) is 0 Å². The number of rotatable bonds is 5. The Hall–Kier alpha value is -2.20. The van der Waals surface area contributed by atoms with E-state index in [1.807, 2.05) is 6.92 Å². The molecule has 10 heteroatoms. The molecular formula is C14H14N4O4S2. The Labute approximate surface area is 145 Å². The number of esters is 1. The zero-order chi connectivity index (χ0) is 17.3. The number of carbonyl (C=O) groups excluding carboxylic acids is 3. The minimum atomic E-state index is -0.410. The number of nitrogens with one attached hydrogen (secondary N) is 1. The van der Waals surface area contributed by atoms with Crippen molar-refractivity contribution < 1.29 is 19.1 Å². The van der Waals surface area contributed by atoms with Crippen LogP contribution >= 0.6 is 23.1 Å². The first kappa shape index (κ1) is 16.7. The molecule has 0 aliphatic carbocycles. The van der Waals surface area contributed by atoms with Gasteiger partial charge in [-0.05, 0) is 12.5 Å². The van der Waals surface area contributed by atoms with Gasteiger partial charge in [-0.25, -0.2) is 14.8 Å². The molecule has 0 bridgehead atoms. The normalized spacial score (nSPS) is 14.5. The summed E-state index contributed by atoms with van der Waals surface area (Å²) in [5.74, 6) is 0.171. The van der Waals surface area contributed by atoms with Crippen LogP contribution in [0.4, 0.5) is 10.6 Å². The number of anilines is 1. The fraction of sp³-hybridized carbons (Fsp3) is 0.357. The number of carbonyl (C=O) groups is 3. The van der Waals surface area contributed by atoms with Crippen LogP contribution in [0.25, 0.3) is 10.2 Å². The maximum Gasteiger partial charge on any atom is 0.348 e. The van der Waals surface area contributed by atoms with Crippen molar-refractivity contribution in [3.63, 3.8) is 0 Å². The summed E-state index contributed by atoms with van der Waals surface area (Å²) in [6.45, 7) is 2.44. The van der Waals surface area contributed by atoms with Crippen LogP contribution in [0.3, 0.4) is 0 Å². The lowest BCUT2D eigenvalue weighted by atomic mass is 10.2. The Morgan fingerprint density at radius 2 is 2.21 bits per heavy atom. The van der Waals surface area contributed by atoms with Gasteiger partial charge < -0.3 is 10.1 Å². The maximum atomic E-state index is 11.8. The van der Waals surface area contributed by atoms with E-state index in [9.17, 15) is 14.4 Å².